The molecule has 1 rings (SSSR count). The zero-order valence-corrected chi connectivity index (χ0v) is 10.9. The Morgan fingerprint density at radius 2 is 2.00 bits per heavy atom. The van der Waals surface area contributed by atoms with Crippen molar-refractivity contribution < 1.29 is 0 Å². The van der Waals surface area contributed by atoms with E-state index < -0.39 is 0 Å². The van der Waals surface area contributed by atoms with E-state index in [0.717, 1.165) is 18.8 Å². The van der Waals surface area contributed by atoms with Crippen molar-refractivity contribution in [3.8, 4) is 0 Å². The molecule has 0 aromatic heterocycles. The Hall–Kier alpha value is -1.44. The van der Waals surface area contributed by atoms with E-state index in [1.54, 1.807) is 0 Å². The molecule has 0 amide bonds. The van der Waals surface area contributed by atoms with Gasteiger partial charge in [0.15, 0.2) is 0 Å². The summed E-state index contributed by atoms with van der Waals surface area (Å²) in [6.07, 6.45) is 5.11. The molecule has 88 valence electrons. The average molecular weight is 218 g/mol. The van der Waals surface area contributed by atoms with E-state index in [0.29, 0.717) is 0 Å². The number of rotatable bonds is 2. The molecule has 1 heterocycles. The second-order valence-corrected chi connectivity index (χ2v) is 4.13. The number of hydrogen-bond donors (Lipinski definition) is 0. The van der Waals surface area contributed by atoms with E-state index in [9.17, 15) is 0 Å². The molecule has 16 heavy (non-hydrogen) atoms. The van der Waals surface area contributed by atoms with E-state index in [-0.39, 0.29) is 0 Å². The monoisotopic (exact) mass is 218 g/mol. The Labute approximate surface area is 99.2 Å². The fourth-order valence-corrected chi connectivity index (χ4v) is 1.93. The molecule has 1 aliphatic heterocycles. The Kier molecular flexibility index (Phi) is 3.99. The van der Waals surface area contributed by atoms with Crippen molar-refractivity contribution in [3.05, 3.63) is 48.1 Å². The molecule has 0 atom stereocenters. The maximum Gasteiger partial charge on any atom is 0.105 e. The molecule has 2 nitrogen and oxygen atoms in total. The summed E-state index contributed by atoms with van der Waals surface area (Å²) in [7, 11) is 2.07. The maximum atomic E-state index is 4.16. The van der Waals surface area contributed by atoms with Crippen LogP contribution in [0.3, 0.4) is 0 Å². The standard InChI is InChI=1S/C14H22N2/c1-7-11(3)12(4)16-10-9-14(8-2)15(6)13(16)5/h7-8H,1,5,9-10H2,2-4,6H3/b12-11+,14-8+. The number of allylic oxidation sites excluding steroid dienone is 4. The first-order chi connectivity index (χ1) is 7.52. The van der Waals surface area contributed by atoms with Gasteiger partial charge < -0.3 is 9.80 Å². The van der Waals surface area contributed by atoms with Crippen LogP contribution >= 0.6 is 0 Å². The highest BCUT2D eigenvalue weighted by molar-refractivity contribution is 5.25. The van der Waals surface area contributed by atoms with Gasteiger partial charge >= 0.3 is 0 Å². The molecule has 0 aromatic carbocycles. The summed E-state index contributed by atoms with van der Waals surface area (Å²) in [4.78, 5) is 4.41. The molecule has 0 spiro atoms. The van der Waals surface area contributed by atoms with Gasteiger partial charge in [-0.2, -0.15) is 0 Å². The summed E-state index contributed by atoms with van der Waals surface area (Å²) in [6, 6.07) is 0. The summed E-state index contributed by atoms with van der Waals surface area (Å²) >= 11 is 0. The Balaban J connectivity index is 2.96. The van der Waals surface area contributed by atoms with Gasteiger partial charge in [-0.15, -0.1) is 0 Å². The highest BCUT2D eigenvalue weighted by Gasteiger charge is 2.22. The second kappa shape index (κ2) is 5.06. The van der Waals surface area contributed by atoms with E-state index in [1.165, 1.54) is 17.0 Å². The lowest BCUT2D eigenvalue weighted by Crippen LogP contribution is -2.37. The van der Waals surface area contributed by atoms with Crippen molar-refractivity contribution >= 4 is 0 Å². The minimum absolute atomic E-state index is 1.000. The van der Waals surface area contributed by atoms with Crippen molar-refractivity contribution in [1.82, 2.24) is 9.80 Å². The van der Waals surface area contributed by atoms with Crippen LogP contribution in [0.1, 0.15) is 27.2 Å². The highest BCUT2D eigenvalue weighted by atomic mass is 15.3. The Bertz CT molecular complexity index is 361. The SMILES string of the molecule is C=C/C(C)=C(\C)N1CC/C(=C\C)N(C)C1=C. The first-order valence-electron chi connectivity index (χ1n) is 5.68. The first-order valence-corrected chi connectivity index (χ1v) is 5.68. The lowest BCUT2D eigenvalue weighted by atomic mass is 10.1. The van der Waals surface area contributed by atoms with Gasteiger partial charge in [0.05, 0.1) is 0 Å². The van der Waals surface area contributed by atoms with Gasteiger partial charge in [0.2, 0.25) is 0 Å². The summed E-state index contributed by atoms with van der Waals surface area (Å²) < 4.78 is 0. The van der Waals surface area contributed by atoms with Crippen LogP contribution in [0.25, 0.3) is 0 Å². The average Bonchev–Trinajstić information content (AvgIpc) is 2.30. The van der Waals surface area contributed by atoms with Crippen LogP contribution < -0.4 is 0 Å². The van der Waals surface area contributed by atoms with Gasteiger partial charge in [0, 0.05) is 31.4 Å². The van der Waals surface area contributed by atoms with Crippen molar-refractivity contribution in [2.45, 2.75) is 27.2 Å². The van der Waals surface area contributed by atoms with Gasteiger partial charge in [-0.05, 0) is 26.3 Å². The van der Waals surface area contributed by atoms with Gasteiger partial charge in [0.25, 0.3) is 0 Å². The van der Waals surface area contributed by atoms with E-state index >= 15 is 0 Å². The van der Waals surface area contributed by atoms with Crippen LogP contribution in [0.5, 0.6) is 0 Å². The molecule has 0 bridgehead atoms. The Morgan fingerprint density at radius 1 is 1.38 bits per heavy atom. The topological polar surface area (TPSA) is 6.48 Å². The Morgan fingerprint density at radius 3 is 2.50 bits per heavy atom. The van der Waals surface area contributed by atoms with Crippen LogP contribution in [-0.4, -0.2) is 23.4 Å². The smallest absolute Gasteiger partial charge is 0.105 e. The zero-order chi connectivity index (χ0) is 12.3. The molecular formula is C14H22N2. The van der Waals surface area contributed by atoms with E-state index in [1.807, 2.05) is 6.08 Å². The third kappa shape index (κ3) is 2.21. The quantitative estimate of drug-likeness (QED) is 0.655. The predicted octanol–water partition coefficient (Wildman–Crippen LogP) is 3.48. The molecule has 0 radical (unpaired) electrons. The minimum Gasteiger partial charge on any atom is -0.335 e. The van der Waals surface area contributed by atoms with Crippen LogP contribution in [0.2, 0.25) is 0 Å². The molecule has 0 aromatic rings. The third-order valence-corrected chi connectivity index (χ3v) is 3.34. The summed E-state index contributed by atoms with van der Waals surface area (Å²) in [5, 5.41) is 0. The van der Waals surface area contributed by atoms with Crippen LogP contribution in [0, 0.1) is 0 Å². The normalized spacial score (nSPS) is 21.2. The van der Waals surface area contributed by atoms with Crippen LogP contribution in [0.4, 0.5) is 0 Å². The summed E-state index contributed by atoms with van der Waals surface area (Å²) in [5.41, 5.74) is 3.78. The number of nitrogens with zero attached hydrogens (tertiary/aromatic N) is 2. The van der Waals surface area contributed by atoms with Gasteiger partial charge in [-0.1, -0.05) is 25.3 Å². The van der Waals surface area contributed by atoms with Crippen LogP contribution in [-0.2, 0) is 0 Å². The van der Waals surface area contributed by atoms with Crippen molar-refractivity contribution in [2.24, 2.45) is 0 Å². The summed E-state index contributed by atoms with van der Waals surface area (Å²) in [6.45, 7) is 15.2. The predicted molar refractivity (Wildman–Crippen MR) is 70.6 cm³/mol. The molecule has 0 unspecified atom stereocenters. The third-order valence-electron chi connectivity index (χ3n) is 3.34. The summed E-state index contributed by atoms with van der Waals surface area (Å²) in [5.74, 6) is 1.04. The molecule has 1 fully saturated rings. The molecule has 0 saturated carbocycles. The molecule has 1 saturated heterocycles. The minimum atomic E-state index is 1.000. The lowest BCUT2D eigenvalue weighted by molar-refractivity contribution is 0.262. The van der Waals surface area contributed by atoms with Gasteiger partial charge in [0.1, 0.15) is 5.82 Å². The van der Waals surface area contributed by atoms with Gasteiger partial charge in [-0.3, -0.25) is 0 Å². The van der Waals surface area contributed by atoms with Gasteiger partial charge in [-0.25, -0.2) is 0 Å². The fourth-order valence-electron chi connectivity index (χ4n) is 1.93. The second-order valence-electron chi connectivity index (χ2n) is 4.13. The molecule has 0 aliphatic carbocycles. The molecule has 2 heteroatoms. The lowest BCUT2D eigenvalue weighted by Gasteiger charge is -2.40. The fraction of sp³-hybridized carbons (Fsp3) is 0.429. The first kappa shape index (κ1) is 12.6. The molecule has 1 aliphatic rings. The van der Waals surface area contributed by atoms with E-state index in [2.05, 4.69) is 56.9 Å². The van der Waals surface area contributed by atoms with E-state index in [4.69, 9.17) is 0 Å². The highest BCUT2D eigenvalue weighted by Crippen LogP contribution is 2.27. The number of hydrogen-bond acceptors (Lipinski definition) is 2. The maximum absolute atomic E-state index is 4.16. The van der Waals surface area contributed by atoms with Crippen molar-refractivity contribution in [1.29, 1.82) is 0 Å². The zero-order valence-electron chi connectivity index (χ0n) is 10.9. The largest absolute Gasteiger partial charge is 0.335 e. The molecular weight excluding hydrogens is 196 g/mol. The van der Waals surface area contributed by atoms with Crippen LogP contribution in [0.15, 0.2) is 48.1 Å². The van der Waals surface area contributed by atoms with Crippen molar-refractivity contribution in [3.63, 3.8) is 0 Å². The molecule has 0 N–H and O–H groups in total. The van der Waals surface area contributed by atoms with Crippen molar-refractivity contribution in [2.75, 3.05) is 13.6 Å².